The fraction of sp³-hybridized carbons (Fsp3) is 0.500. The molecule has 2 atom stereocenters. The first-order valence-corrected chi connectivity index (χ1v) is 15.0. The van der Waals surface area contributed by atoms with Crippen LogP contribution in [0.25, 0.3) is 5.65 Å². The number of likely N-dealkylation sites (tertiary alicyclic amines) is 1. The van der Waals surface area contributed by atoms with Gasteiger partial charge in [0.1, 0.15) is 16.9 Å². The number of nitrogens with one attached hydrogen (secondary N) is 2. The van der Waals surface area contributed by atoms with E-state index in [4.69, 9.17) is 16.3 Å². The molecule has 0 bridgehead atoms. The van der Waals surface area contributed by atoms with Gasteiger partial charge in [0.05, 0.1) is 12.1 Å². The van der Waals surface area contributed by atoms with Crippen LogP contribution in [0.3, 0.4) is 0 Å². The number of halogens is 1. The van der Waals surface area contributed by atoms with E-state index in [0.717, 1.165) is 24.8 Å². The summed E-state index contributed by atoms with van der Waals surface area (Å²) in [5.74, 6) is 0.341. The van der Waals surface area contributed by atoms with E-state index in [1.165, 1.54) is 0 Å². The van der Waals surface area contributed by atoms with Crippen molar-refractivity contribution in [2.24, 2.45) is 5.92 Å². The van der Waals surface area contributed by atoms with Crippen molar-refractivity contribution in [2.75, 3.05) is 19.6 Å². The topological polar surface area (TPSA) is 105 Å². The molecule has 1 aromatic carbocycles. The van der Waals surface area contributed by atoms with Crippen molar-refractivity contribution in [3.63, 3.8) is 0 Å². The number of aromatic nitrogens is 2. The summed E-state index contributed by atoms with van der Waals surface area (Å²) in [5, 5.41) is 6.67. The molecule has 0 radical (unpaired) electrons. The highest BCUT2D eigenvalue weighted by Gasteiger charge is 2.27. The van der Waals surface area contributed by atoms with Crippen molar-refractivity contribution in [3.05, 3.63) is 70.6 Å². The number of benzene rings is 1. The largest absolute Gasteiger partial charge is 0.444 e. The van der Waals surface area contributed by atoms with Crippen LogP contribution in [-0.4, -0.2) is 63.5 Å². The monoisotopic (exact) mass is 595 g/mol. The maximum Gasteiger partial charge on any atom is 0.407 e. The van der Waals surface area contributed by atoms with Gasteiger partial charge in [-0.05, 0) is 75.8 Å². The number of ether oxygens (including phenoxy) is 1. The molecule has 10 heteroatoms. The Morgan fingerprint density at radius 1 is 1.12 bits per heavy atom. The van der Waals surface area contributed by atoms with Crippen molar-refractivity contribution in [3.8, 4) is 0 Å². The van der Waals surface area contributed by atoms with E-state index in [2.05, 4.69) is 29.5 Å². The van der Waals surface area contributed by atoms with Crippen molar-refractivity contribution in [1.29, 1.82) is 0 Å². The van der Waals surface area contributed by atoms with E-state index < -0.39 is 11.7 Å². The molecule has 1 fully saturated rings. The predicted molar refractivity (Wildman–Crippen MR) is 164 cm³/mol. The number of hydrogen-bond donors (Lipinski definition) is 2. The molecule has 2 N–H and O–H groups in total. The molecule has 2 aromatic heterocycles. The number of piperidine rings is 1. The number of carbonyl (C=O) groups is 3. The van der Waals surface area contributed by atoms with Crippen molar-refractivity contribution in [1.82, 2.24) is 24.9 Å². The standard InChI is InChI=1S/C32H42ClN5O4/c1-21(2)16-23(22-11-13-24(33)14-12-22)18-34-30(40)27-9-6-10-28-35-26(20-38(27)28)17-29(39)37-15-7-8-25(19-37)36-31(41)42-32(3,4)5/h6,9-14,20-21,23,25H,7-8,15-19H2,1-5H3,(H,34,40)(H,36,41)/t23?,25-/m1/s1. The number of nitrogens with zero attached hydrogens (tertiary/aromatic N) is 3. The zero-order valence-electron chi connectivity index (χ0n) is 25.2. The fourth-order valence-corrected chi connectivity index (χ4v) is 5.47. The summed E-state index contributed by atoms with van der Waals surface area (Å²) in [5.41, 5.74) is 2.19. The van der Waals surface area contributed by atoms with Gasteiger partial charge in [-0.15, -0.1) is 0 Å². The second-order valence-electron chi connectivity index (χ2n) is 12.5. The van der Waals surface area contributed by atoms with Crippen LogP contribution in [0, 0.1) is 5.92 Å². The van der Waals surface area contributed by atoms with Crippen molar-refractivity contribution < 1.29 is 19.1 Å². The Labute approximate surface area is 253 Å². The first-order chi connectivity index (χ1) is 19.9. The Hall–Kier alpha value is -3.59. The number of carbonyl (C=O) groups excluding carboxylic acids is 3. The molecule has 3 aromatic rings. The van der Waals surface area contributed by atoms with Gasteiger partial charge in [0.2, 0.25) is 5.91 Å². The number of rotatable bonds is 9. The van der Waals surface area contributed by atoms with Crippen LogP contribution in [0.15, 0.2) is 48.7 Å². The lowest BCUT2D eigenvalue weighted by atomic mass is 9.90. The minimum Gasteiger partial charge on any atom is -0.444 e. The SMILES string of the molecule is CC(C)CC(CNC(=O)c1cccc2nc(CC(=O)N3CCC[C@@H](NC(=O)OC(C)(C)C)C3)cn12)c1ccc(Cl)cc1. The molecule has 3 heterocycles. The minimum absolute atomic E-state index is 0.0698. The first kappa shape index (κ1) is 31.3. The second kappa shape index (κ2) is 13.6. The van der Waals surface area contributed by atoms with E-state index in [1.54, 1.807) is 27.6 Å². The molecule has 1 aliphatic heterocycles. The maximum absolute atomic E-state index is 13.3. The number of pyridine rings is 1. The van der Waals surface area contributed by atoms with Crippen LogP contribution in [0.2, 0.25) is 5.02 Å². The number of fused-ring (bicyclic) bond motifs is 1. The lowest BCUT2D eigenvalue weighted by molar-refractivity contribution is -0.131. The van der Waals surface area contributed by atoms with Gasteiger partial charge < -0.3 is 20.3 Å². The number of hydrogen-bond acceptors (Lipinski definition) is 5. The van der Waals surface area contributed by atoms with E-state index >= 15 is 0 Å². The van der Waals surface area contributed by atoms with Gasteiger partial charge in [0, 0.05) is 42.8 Å². The summed E-state index contributed by atoms with van der Waals surface area (Å²) in [4.78, 5) is 45.1. The van der Waals surface area contributed by atoms with E-state index in [1.807, 2.05) is 51.1 Å². The zero-order valence-corrected chi connectivity index (χ0v) is 25.9. The molecule has 226 valence electrons. The number of alkyl carbamates (subject to hydrolysis) is 1. The average Bonchev–Trinajstić information content (AvgIpc) is 3.32. The van der Waals surface area contributed by atoms with Gasteiger partial charge in [0.15, 0.2) is 0 Å². The highest BCUT2D eigenvalue weighted by molar-refractivity contribution is 6.30. The van der Waals surface area contributed by atoms with Crippen LogP contribution < -0.4 is 10.6 Å². The third-order valence-corrected chi connectivity index (χ3v) is 7.46. The third-order valence-electron chi connectivity index (χ3n) is 7.21. The fourth-order valence-electron chi connectivity index (χ4n) is 5.34. The van der Waals surface area contributed by atoms with E-state index in [0.29, 0.717) is 47.6 Å². The molecule has 42 heavy (non-hydrogen) atoms. The lowest BCUT2D eigenvalue weighted by Gasteiger charge is -2.33. The van der Waals surface area contributed by atoms with Crippen molar-refractivity contribution >= 4 is 35.2 Å². The van der Waals surface area contributed by atoms with Crippen LogP contribution in [-0.2, 0) is 16.0 Å². The second-order valence-corrected chi connectivity index (χ2v) is 12.9. The average molecular weight is 596 g/mol. The Kier molecular flexibility index (Phi) is 10.1. The molecule has 3 amide bonds. The Balaban J connectivity index is 1.40. The summed E-state index contributed by atoms with van der Waals surface area (Å²) in [6.07, 6.45) is 3.88. The summed E-state index contributed by atoms with van der Waals surface area (Å²) >= 11 is 6.08. The number of amides is 3. The quantitative estimate of drug-likeness (QED) is 0.335. The Morgan fingerprint density at radius 3 is 2.55 bits per heavy atom. The molecule has 9 nitrogen and oxygen atoms in total. The molecular weight excluding hydrogens is 554 g/mol. The van der Waals surface area contributed by atoms with Crippen LogP contribution in [0.4, 0.5) is 4.79 Å². The number of imidazole rings is 1. The van der Waals surface area contributed by atoms with E-state index in [-0.39, 0.29) is 30.2 Å². The predicted octanol–water partition coefficient (Wildman–Crippen LogP) is 5.61. The van der Waals surface area contributed by atoms with Crippen LogP contribution in [0.1, 0.15) is 81.5 Å². The van der Waals surface area contributed by atoms with Gasteiger partial charge in [-0.3, -0.25) is 14.0 Å². The highest BCUT2D eigenvalue weighted by Crippen LogP contribution is 2.25. The summed E-state index contributed by atoms with van der Waals surface area (Å²) < 4.78 is 7.10. The lowest BCUT2D eigenvalue weighted by Crippen LogP contribution is -2.50. The van der Waals surface area contributed by atoms with Gasteiger partial charge in [0.25, 0.3) is 5.91 Å². The summed E-state index contributed by atoms with van der Waals surface area (Å²) in [6.45, 7) is 11.3. The summed E-state index contributed by atoms with van der Waals surface area (Å²) in [6, 6.07) is 13.0. The molecule has 4 rings (SSSR count). The minimum atomic E-state index is -0.584. The summed E-state index contributed by atoms with van der Waals surface area (Å²) in [7, 11) is 0. The Bertz CT molecular complexity index is 1400. The normalized spacial score (nSPS) is 16.4. The molecular formula is C32H42ClN5O4. The zero-order chi connectivity index (χ0) is 30.4. The first-order valence-electron chi connectivity index (χ1n) is 14.7. The van der Waals surface area contributed by atoms with Gasteiger partial charge >= 0.3 is 6.09 Å². The highest BCUT2D eigenvalue weighted by atomic mass is 35.5. The molecule has 1 unspecified atom stereocenters. The van der Waals surface area contributed by atoms with Crippen molar-refractivity contribution in [2.45, 2.75) is 77.9 Å². The van der Waals surface area contributed by atoms with Gasteiger partial charge in [-0.1, -0.05) is 43.6 Å². The van der Waals surface area contributed by atoms with Crippen LogP contribution >= 0.6 is 11.6 Å². The molecule has 1 aliphatic rings. The molecule has 0 spiro atoms. The van der Waals surface area contributed by atoms with Crippen LogP contribution in [0.5, 0.6) is 0 Å². The molecule has 0 aliphatic carbocycles. The molecule has 0 saturated carbocycles. The Morgan fingerprint density at radius 2 is 1.86 bits per heavy atom. The smallest absolute Gasteiger partial charge is 0.407 e. The molecule has 1 saturated heterocycles. The maximum atomic E-state index is 13.3. The van der Waals surface area contributed by atoms with Gasteiger partial charge in [-0.2, -0.15) is 0 Å². The van der Waals surface area contributed by atoms with Gasteiger partial charge in [-0.25, -0.2) is 9.78 Å². The van der Waals surface area contributed by atoms with E-state index in [9.17, 15) is 14.4 Å². The third kappa shape index (κ3) is 8.71.